The summed E-state index contributed by atoms with van der Waals surface area (Å²) in [5.41, 5.74) is 3.60. The number of hydrogen-bond acceptors (Lipinski definition) is 5. The van der Waals surface area contributed by atoms with Crippen LogP contribution < -0.4 is 10.2 Å². The van der Waals surface area contributed by atoms with Gasteiger partial charge >= 0.3 is 6.09 Å². The highest BCUT2D eigenvalue weighted by Gasteiger charge is 2.32. The number of halogens is 1. The molecule has 3 aromatic rings. The molecule has 1 saturated heterocycles. The van der Waals surface area contributed by atoms with E-state index in [1.807, 2.05) is 37.3 Å². The third kappa shape index (κ3) is 4.96. The van der Waals surface area contributed by atoms with E-state index in [4.69, 9.17) is 9.26 Å². The number of rotatable bonds is 7. The Morgan fingerprint density at radius 1 is 1.19 bits per heavy atom. The lowest BCUT2D eigenvalue weighted by molar-refractivity contribution is -0.119. The average Bonchev–Trinajstić information content (AvgIpc) is 3.36. The summed E-state index contributed by atoms with van der Waals surface area (Å²) in [7, 11) is 0. The van der Waals surface area contributed by atoms with Crippen molar-refractivity contribution in [2.24, 2.45) is 0 Å². The third-order valence-electron chi connectivity index (χ3n) is 5.32. The minimum absolute atomic E-state index is 0.200. The van der Waals surface area contributed by atoms with Crippen molar-refractivity contribution in [1.29, 1.82) is 0 Å². The number of carbonyl (C=O) groups is 2. The van der Waals surface area contributed by atoms with Crippen LogP contribution in [-0.4, -0.2) is 36.4 Å². The maximum Gasteiger partial charge on any atom is 0.414 e. The molecule has 2 heterocycles. The minimum atomic E-state index is -0.557. The molecule has 8 heteroatoms. The normalized spacial score (nSPS) is 15.7. The Morgan fingerprint density at radius 2 is 1.97 bits per heavy atom. The van der Waals surface area contributed by atoms with E-state index in [9.17, 15) is 14.0 Å². The molecule has 32 heavy (non-hydrogen) atoms. The van der Waals surface area contributed by atoms with Crippen molar-refractivity contribution in [2.75, 3.05) is 18.0 Å². The Kier molecular flexibility index (Phi) is 6.20. The standard InChI is InChI=1S/C24H24FN3O4/c1-15-11-20(32-27-15)9-5-17-3-6-18(7-4-17)22-10-8-19(12-23(22)25)28-14-21(31-24(28)30)13-26-16(2)29/h3-4,6-8,10-12,21H,5,9,13-14H2,1-2H3,(H,26,29)/t21-/m0/s1. The zero-order valence-electron chi connectivity index (χ0n) is 17.9. The number of aromatic nitrogens is 1. The predicted octanol–water partition coefficient (Wildman–Crippen LogP) is 4.04. The molecule has 0 aliphatic carbocycles. The van der Waals surface area contributed by atoms with Gasteiger partial charge in [-0.25, -0.2) is 9.18 Å². The fraction of sp³-hybridized carbons (Fsp3) is 0.292. The van der Waals surface area contributed by atoms with Crippen LogP contribution in [0.1, 0.15) is 23.9 Å². The van der Waals surface area contributed by atoms with Crippen molar-refractivity contribution in [2.45, 2.75) is 32.8 Å². The maximum absolute atomic E-state index is 14.9. The zero-order valence-corrected chi connectivity index (χ0v) is 17.9. The number of amides is 2. The van der Waals surface area contributed by atoms with Gasteiger partial charge in [-0.15, -0.1) is 0 Å². The van der Waals surface area contributed by atoms with Crippen molar-refractivity contribution in [1.82, 2.24) is 10.5 Å². The molecule has 0 spiro atoms. The fourth-order valence-electron chi connectivity index (χ4n) is 3.65. The van der Waals surface area contributed by atoms with Gasteiger partial charge < -0.3 is 14.6 Å². The first-order valence-corrected chi connectivity index (χ1v) is 10.4. The number of nitrogens with zero attached hydrogens (tertiary/aromatic N) is 2. The summed E-state index contributed by atoms with van der Waals surface area (Å²) < 4.78 is 25.4. The Balaban J connectivity index is 1.41. The molecule has 7 nitrogen and oxygen atoms in total. The molecule has 0 unspecified atom stereocenters. The van der Waals surface area contributed by atoms with E-state index in [0.717, 1.165) is 35.4 Å². The monoisotopic (exact) mass is 437 g/mol. The number of hydrogen-bond donors (Lipinski definition) is 1. The highest BCUT2D eigenvalue weighted by molar-refractivity contribution is 5.90. The summed E-state index contributed by atoms with van der Waals surface area (Å²) >= 11 is 0. The van der Waals surface area contributed by atoms with E-state index in [-0.39, 0.29) is 19.0 Å². The molecule has 1 N–H and O–H groups in total. The Morgan fingerprint density at radius 3 is 2.62 bits per heavy atom. The first-order chi connectivity index (χ1) is 15.4. The molecule has 1 aromatic heterocycles. The van der Waals surface area contributed by atoms with Gasteiger partial charge in [-0.1, -0.05) is 29.4 Å². The Labute approximate surface area is 185 Å². The van der Waals surface area contributed by atoms with E-state index >= 15 is 0 Å². The van der Waals surface area contributed by atoms with Crippen LogP contribution >= 0.6 is 0 Å². The van der Waals surface area contributed by atoms with Crippen molar-refractivity contribution in [3.63, 3.8) is 0 Å². The summed E-state index contributed by atoms with van der Waals surface area (Å²) in [5, 5.41) is 6.51. The highest BCUT2D eigenvalue weighted by atomic mass is 19.1. The Bertz CT molecular complexity index is 1130. The van der Waals surface area contributed by atoms with Crippen LogP contribution in [0.2, 0.25) is 0 Å². The van der Waals surface area contributed by atoms with Crippen molar-refractivity contribution in [3.8, 4) is 11.1 Å². The van der Waals surface area contributed by atoms with Gasteiger partial charge in [0.25, 0.3) is 0 Å². The molecule has 2 aromatic carbocycles. The molecular formula is C24H24FN3O4. The van der Waals surface area contributed by atoms with Crippen LogP contribution in [-0.2, 0) is 22.4 Å². The lowest BCUT2D eigenvalue weighted by atomic mass is 10.0. The topological polar surface area (TPSA) is 84.7 Å². The molecular weight excluding hydrogens is 413 g/mol. The van der Waals surface area contributed by atoms with Crippen molar-refractivity contribution < 1.29 is 23.2 Å². The van der Waals surface area contributed by atoms with E-state index in [1.165, 1.54) is 17.9 Å². The van der Waals surface area contributed by atoms with E-state index in [1.54, 1.807) is 12.1 Å². The molecule has 0 saturated carbocycles. The zero-order chi connectivity index (χ0) is 22.7. The second-order valence-corrected chi connectivity index (χ2v) is 7.85. The summed E-state index contributed by atoms with van der Waals surface area (Å²) in [6.45, 7) is 3.75. The second-order valence-electron chi connectivity index (χ2n) is 7.85. The average molecular weight is 437 g/mol. The first-order valence-electron chi connectivity index (χ1n) is 10.4. The van der Waals surface area contributed by atoms with Gasteiger partial charge in [0, 0.05) is 25.0 Å². The van der Waals surface area contributed by atoms with Gasteiger partial charge in [0.2, 0.25) is 5.91 Å². The van der Waals surface area contributed by atoms with Crippen LogP contribution in [0.3, 0.4) is 0 Å². The smallest absolute Gasteiger partial charge is 0.414 e. The fourth-order valence-corrected chi connectivity index (χ4v) is 3.65. The number of anilines is 1. The largest absolute Gasteiger partial charge is 0.442 e. The van der Waals surface area contributed by atoms with Crippen LogP contribution in [0.5, 0.6) is 0 Å². The van der Waals surface area contributed by atoms with Crippen molar-refractivity contribution >= 4 is 17.7 Å². The SMILES string of the molecule is CC(=O)NC[C@H]1CN(c2ccc(-c3ccc(CCc4cc(C)no4)cc3)c(F)c2)C(=O)O1. The summed E-state index contributed by atoms with van der Waals surface area (Å²) in [6, 6.07) is 14.3. The number of ether oxygens (including phenoxy) is 1. The van der Waals surface area contributed by atoms with Gasteiger partial charge in [0.05, 0.1) is 24.5 Å². The first kappa shape index (κ1) is 21.5. The molecule has 1 atom stereocenters. The van der Waals surface area contributed by atoms with Crippen LogP contribution in [0.25, 0.3) is 11.1 Å². The van der Waals surface area contributed by atoms with Gasteiger partial charge in [-0.2, -0.15) is 0 Å². The quantitative estimate of drug-likeness (QED) is 0.603. The van der Waals surface area contributed by atoms with E-state index in [0.29, 0.717) is 11.3 Å². The molecule has 4 rings (SSSR count). The number of carbonyl (C=O) groups excluding carboxylic acids is 2. The molecule has 1 fully saturated rings. The van der Waals surface area contributed by atoms with Gasteiger partial charge in [0.15, 0.2) is 0 Å². The van der Waals surface area contributed by atoms with Gasteiger partial charge in [0.1, 0.15) is 17.7 Å². The lowest BCUT2D eigenvalue weighted by Gasteiger charge is -2.14. The molecule has 2 amide bonds. The number of aryl methyl sites for hydroxylation is 3. The molecule has 1 aliphatic heterocycles. The third-order valence-corrected chi connectivity index (χ3v) is 5.32. The second kappa shape index (κ2) is 9.21. The molecule has 0 bridgehead atoms. The molecule has 0 radical (unpaired) electrons. The number of benzene rings is 2. The van der Waals surface area contributed by atoms with Gasteiger partial charge in [-0.3, -0.25) is 9.69 Å². The minimum Gasteiger partial charge on any atom is -0.442 e. The van der Waals surface area contributed by atoms with E-state index < -0.39 is 18.0 Å². The van der Waals surface area contributed by atoms with Crippen LogP contribution in [0.4, 0.5) is 14.9 Å². The summed E-state index contributed by atoms with van der Waals surface area (Å²) in [4.78, 5) is 24.6. The highest BCUT2D eigenvalue weighted by Crippen LogP contribution is 2.29. The summed E-state index contributed by atoms with van der Waals surface area (Å²) in [5.74, 6) is 0.215. The van der Waals surface area contributed by atoms with E-state index in [2.05, 4.69) is 10.5 Å². The number of cyclic esters (lactones) is 1. The van der Waals surface area contributed by atoms with Crippen LogP contribution in [0.15, 0.2) is 53.1 Å². The molecule has 1 aliphatic rings. The summed E-state index contributed by atoms with van der Waals surface area (Å²) in [6.07, 6.45) is 0.520. The predicted molar refractivity (Wildman–Crippen MR) is 117 cm³/mol. The number of nitrogens with one attached hydrogen (secondary N) is 1. The Hall–Kier alpha value is -3.68. The molecule has 166 valence electrons. The lowest BCUT2D eigenvalue weighted by Crippen LogP contribution is -2.33. The van der Waals surface area contributed by atoms with Gasteiger partial charge in [-0.05, 0) is 42.7 Å². The van der Waals surface area contributed by atoms with Crippen molar-refractivity contribution in [3.05, 3.63) is 71.4 Å². The van der Waals surface area contributed by atoms with Crippen LogP contribution in [0, 0.1) is 12.7 Å². The maximum atomic E-state index is 14.9.